The van der Waals surface area contributed by atoms with E-state index in [2.05, 4.69) is 5.16 Å². The van der Waals surface area contributed by atoms with Crippen molar-refractivity contribution in [1.82, 2.24) is 5.16 Å². The lowest BCUT2D eigenvalue weighted by Crippen LogP contribution is -2.23. The molecule has 0 aliphatic carbocycles. The summed E-state index contributed by atoms with van der Waals surface area (Å²) in [5, 5.41) is 3.86. The molecule has 3 rings (SSSR count). The highest BCUT2D eigenvalue weighted by Gasteiger charge is 2.31. The van der Waals surface area contributed by atoms with Crippen molar-refractivity contribution >= 4 is 23.4 Å². The van der Waals surface area contributed by atoms with Gasteiger partial charge in [0, 0.05) is 24.6 Å². The topological polar surface area (TPSA) is 46.3 Å². The summed E-state index contributed by atoms with van der Waals surface area (Å²) in [5.41, 5.74) is 2.88. The fraction of sp³-hybridized carbons (Fsp3) is 0.286. The first-order chi connectivity index (χ1) is 9.13. The largest absolute Gasteiger partial charge is 0.338 e. The van der Waals surface area contributed by atoms with Gasteiger partial charge in [-0.2, -0.15) is 0 Å². The van der Waals surface area contributed by atoms with Crippen LogP contribution in [-0.4, -0.2) is 23.0 Å². The highest BCUT2D eigenvalue weighted by atomic mass is 35.5. The Labute approximate surface area is 115 Å². The van der Waals surface area contributed by atoms with Crippen LogP contribution in [0.3, 0.4) is 0 Å². The predicted molar refractivity (Wildman–Crippen MR) is 73.3 cm³/mol. The Hall–Kier alpha value is -1.81. The Balaban J connectivity index is 1.87. The molecule has 4 nitrogen and oxygen atoms in total. The Morgan fingerprint density at radius 3 is 2.74 bits per heavy atom. The van der Waals surface area contributed by atoms with E-state index in [-0.39, 0.29) is 11.3 Å². The van der Waals surface area contributed by atoms with Gasteiger partial charge in [-0.15, -0.1) is 11.6 Å². The minimum atomic E-state index is -0.152. The fourth-order valence-electron chi connectivity index (χ4n) is 2.13. The summed E-state index contributed by atoms with van der Waals surface area (Å²) in [5.74, 6) is 0.440. The lowest BCUT2D eigenvalue weighted by atomic mass is 10.1. The molecule has 1 saturated heterocycles. The molecule has 1 fully saturated rings. The second-order valence-electron chi connectivity index (χ2n) is 4.72. The van der Waals surface area contributed by atoms with E-state index in [4.69, 9.17) is 16.1 Å². The normalized spacial score (nSPS) is 19.2. The summed E-state index contributed by atoms with van der Waals surface area (Å²) in [7, 11) is 0. The van der Waals surface area contributed by atoms with Gasteiger partial charge in [0.25, 0.3) is 0 Å². The van der Waals surface area contributed by atoms with E-state index in [0.717, 1.165) is 11.3 Å². The molecule has 0 bridgehead atoms. The van der Waals surface area contributed by atoms with E-state index < -0.39 is 0 Å². The van der Waals surface area contributed by atoms with Gasteiger partial charge in [0.05, 0.1) is 5.38 Å². The van der Waals surface area contributed by atoms with Crippen molar-refractivity contribution < 1.29 is 9.32 Å². The van der Waals surface area contributed by atoms with Gasteiger partial charge in [0.15, 0.2) is 0 Å². The molecule has 1 aliphatic rings. The Morgan fingerprint density at radius 2 is 2.11 bits per heavy atom. The number of nitrogens with zero attached hydrogens (tertiary/aromatic N) is 2. The van der Waals surface area contributed by atoms with Crippen molar-refractivity contribution in [3.05, 3.63) is 35.9 Å². The van der Waals surface area contributed by atoms with Crippen LogP contribution in [0.4, 0.5) is 5.88 Å². The van der Waals surface area contributed by atoms with Crippen molar-refractivity contribution in [2.75, 3.05) is 11.4 Å². The summed E-state index contributed by atoms with van der Waals surface area (Å²) < 4.78 is 5.25. The number of benzene rings is 1. The molecule has 1 aliphatic heterocycles. The maximum absolute atomic E-state index is 11.7. The highest BCUT2D eigenvalue weighted by molar-refractivity contribution is 6.24. The molecule has 98 valence electrons. The van der Waals surface area contributed by atoms with Gasteiger partial charge in [-0.3, -0.25) is 9.69 Å². The number of amides is 1. The third-order valence-corrected chi connectivity index (χ3v) is 3.48. The third kappa shape index (κ3) is 2.36. The quantitative estimate of drug-likeness (QED) is 0.792. The summed E-state index contributed by atoms with van der Waals surface area (Å²) in [6, 6.07) is 9.76. The Kier molecular flexibility index (Phi) is 3.03. The van der Waals surface area contributed by atoms with Gasteiger partial charge in [-0.1, -0.05) is 35.0 Å². The molecule has 1 unspecified atom stereocenters. The van der Waals surface area contributed by atoms with Crippen LogP contribution in [0.15, 0.2) is 34.9 Å². The number of carbonyl (C=O) groups excluding carboxylic acids is 1. The molecular weight excluding hydrogens is 264 g/mol. The first-order valence-electron chi connectivity index (χ1n) is 6.11. The van der Waals surface area contributed by atoms with E-state index in [1.807, 2.05) is 31.2 Å². The molecule has 19 heavy (non-hydrogen) atoms. The second-order valence-corrected chi connectivity index (χ2v) is 5.34. The molecule has 1 amide bonds. The molecule has 2 heterocycles. The molecular formula is C14H13ClN2O2. The van der Waals surface area contributed by atoms with Crippen LogP contribution >= 0.6 is 11.6 Å². The maximum atomic E-state index is 11.7. The van der Waals surface area contributed by atoms with Crippen LogP contribution in [0, 0.1) is 6.92 Å². The number of aromatic nitrogens is 1. The minimum absolute atomic E-state index is 0.0217. The average Bonchev–Trinajstić information content (AvgIpc) is 2.97. The molecule has 1 aromatic carbocycles. The smallest absolute Gasteiger partial charge is 0.234 e. The van der Waals surface area contributed by atoms with Crippen LogP contribution < -0.4 is 4.90 Å². The Morgan fingerprint density at radius 1 is 1.37 bits per heavy atom. The van der Waals surface area contributed by atoms with Gasteiger partial charge in [0.2, 0.25) is 11.8 Å². The van der Waals surface area contributed by atoms with Crippen LogP contribution in [-0.2, 0) is 4.79 Å². The zero-order valence-electron chi connectivity index (χ0n) is 10.5. The van der Waals surface area contributed by atoms with Gasteiger partial charge in [-0.05, 0) is 6.92 Å². The number of rotatable bonds is 2. The summed E-state index contributed by atoms with van der Waals surface area (Å²) in [4.78, 5) is 13.3. The van der Waals surface area contributed by atoms with E-state index in [1.54, 1.807) is 11.0 Å². The second kappa shape index (κ2) is 4.70. The van der Waals surface area contributed by atoms with Crippen molar-refractivity contribution in [1.29, 1.82) is 0 Å². The van der Waals surface area contributed by atoms with E-state index >= 15 is 0 Å². The number of hydrogen-bond donors (Lipinski definition) is 0. The van der Waals surface area contributed by atoms with E-state index in [9.17, 15) is 4.79 Å². The lowest BCUT2D eigenvalue weighted by Gasteiger charge is -2.09. The highest BCUT2D eigenvalue weighted by Crippen LogP contribution is 2.28. The van der Waals surface area contributed by atoms with Crippen molar-refractivity contribution in [3.63, 3.8) is 0 Å². The molecule has 0 radical (unpaired) electrons. The first kappa shape index (κ1) is 12.2. The lowest BCUT2D eigenvalue weighted by molar-refractivity contribution is -0.117. The molecule has 0 spiro atoms. The summed E-state index contributed by atoms with van der Waals surface area (Å²) >= 11 is 5.97. The van der Waals surface area contributed by atoms with Gasteiger partial charge in [-0.25, -0.2) is 0 Å². The van der Waals surface area contributed by atoms with Crippen LogP contribution in [0.1, 0.15) is 12.0 Å². The minimum Gasteiger partial charge on any atom is -0.338 e. The molecule has 1 atom stereocenters. The van der Waals surface area contributed by atoms with Gasteiger partial charge in [0.1, 0.15) is 5.69 Å². The number of alkyl halides is 1. The average molecular weight is 277 g/mol. The third-order valence-electron chi connectivity index (χ3n) is 3.19. The standard InChI is InChI=1S/C14H13ClN2O2/c1-9-2-4-10(5-3-9)12-7-14(19-16-12)17-8-11(15)6-13(17)18/h2-5,7,11H,6,8H2,1H3. The van der Waals surface area contributed by atoms with Gasteiger partial charge >= 0.3 is 0 Å². The molecule has 5 heteroatoms. The molecule has 1 aromatic heterocycles. The van der Waals surface area contributed by atoms with E-state index in [0.29, 0.717) is 18.8 Å². The number of carbonyl (C=O) groups is 1. The maximum Gasteiger partial charge on any atom is 0.234 e. The van der Waals surface area contributed by atoms with Crippen LogP contribution in [0.25, 0.3) is 11.3 Å². The zero-order chi connectivity index (χ0) is 13.4. The molecule has 0 N–H and O–H groups in total. The molecule has 2 aromatic rings. The number of anilines is 1. The van der Waals surface area contributed by atoms with Crippen LogP contribution in [0.5, 0.6) is 0 Å². The fourth-order valence-corrected chi connectivity index (χ4v) is 2.40. The number of halogens is 1. The van der Waals surface area contributed by atoms with Crippen molar-refractivity contribution in [3.8, 4) is 11.3 Å². The van der Waals surface area contributed by atoms with Crippen molar-refractivity contribution in [2.45, 2.75) is 18.7 Å². The zero-order valence-corrected chi connectivity index (χ0v) is 11.2. The monoisotopic (exact) mass is 276 g/mol. The SMILES string of the molecule is Cc1ccc(-c2cc(N3CC(Cl)CC3=O)on2)cc1. The van der Waals surface area contributed by atoms with E-state index in [1.165, 1.54) is 5.56 Å². The Bertz CT molecular complexity index is 606. The first-order valence-corrected chi connectivity index (χ1v) is 6.55. The summed E-state index contributed by atoms with van der Waals surface area (Å²) in [6.45, 7) is 2.50. The number of hydrogen-bond acceptors (Lipinski definition) is 3. The predicted octanol–water partition coefficient (Wildman–Crippen LogP) is 2.99. The van der Waals surface area contributed by atoms with Gasteiger partial charge < -0.3 is 4.52 Å². The van der Waals surface area contributed by atoms with Crippen molar-refractivity contribution in [2.24, 2.45) is 0 Å². The van der Waals surface area contributed by atoms with Crippen LogP contribution in [0.2, 0.25) is 0 Å². The molecule has 0 saturated carbocycles. The number of aryl methyl sites for hydroxylation is 1. The summed E-state index contributed by atoms with van der Waals surface area (Å²) in [6.07, 6.45) is 0.349.